The molecule has 0 bridgehead atoms. The predicted molar refractivity (Wildman–Crippen MR) is 346 cm³/mol. The Morgan fingerprint density at radius 1 is 0.342 bits per heavy atom. The Labute approximate surface area is 475 Å². The summed E-state index contributed by atoms with van der Waals surface area (Å²) in [6, 6.07) is 62.4. The van der Waals surface area contributed by atoms with Gasteiger partial charge in [0.2, 0.25) is 6.71 Å². The Kier molecular flexibility index (Phi) is 12.4. The first kappa shape index (κ1) is 54.2. The molecule has 2 aliphatic rings. The first-order valence-corrected chi connectivity index (χ1v) is 29.2. The van der Waals surface area contributed by atoms with Crippen LogP contribution in [0, 0.1) is 0 Å². The van der Waals surface area contributed by atoms with E-state index in [1.54, 1.807) is 0 Å². The van der Waals surface area contributed by atoms with Crippen molar-refractivity contribution < 1.29 is 0 Å². The maximum absolute atomic E-state index is 2.64. The van der Waals surface area contributed by atoms with Gasteiger partial charge in [-0.3, -0.25) is 0 Å². The van der Waals surface area contributed by atoms with E-state index < -0.39 is 0 Å². The zero-order valence-corrected chi connectivity index (χ0v) is 51.4. The van der Waals surface area contributed by atoms with E-state index in [-0.39, 0.29) is 44.6 Å². The normalized spacial score (nSPS) is 14.6. The molecule has 404 valence electrons. The average molecular weight is 1040 g/mol. The lowest BCUT2D eigenvalue weighted by Gasteiger charge is -2.46. The van der Waals surface area contributed by atoms with Crippen LogP contribution in [-0.4, -0.2) is 11.3 Å². The molecular weight excluding hydrogens is 954 g/mol. The van der Waals surface area contributed by atoms with Crippen LogP contribution in [0.3, 0.4) is 0 Å². The van der Waals surface area contributed by atoms with Crippen LogP contribution in [0.4, 0.5) is 34.1 Å². The van der Waals surface area contributed by atoms with E-state index >= 15 is 0 Å². The molecule has 0 fully saturated rings. The number of rotatable bonds is 5. The van der Waals surface area contributed by atoms with Crippen molar-refractivity contribution in [3.8, 4) is 5.69 Å². The maximum atomic E-state index is 2.64. The monoisotopic (exact) mass is 1040 g/mol. The zero-order valence-electron chi connectivity index (χ0n) is 51.4. The van der Waals surface area contributed by atoms with Gasteiger partial charge in [-0.2, -0.15) is 0 Å². The highest BCUT2D eigenvalue weighted by molar-refractivity contribution is 6.99. The van der Waals surface area contributed by atoms with Crippen molar-refractivity contribution in [3.63, 3.8) is 0 Å². The number of nitrogens with zero attached hydrogens (tertiary/aromatic N) is 3. The van der Waals surface area contributed by atoms with E-state index in [1.165, 1.54) is 105 Å². The predicted octanol–water partition coefficient (Wildman–Crippen LogP) is 19.0. The van der Waals surface area contributed by atoms with Gasteiger partial charge in [0.05, 0.1) is 11.0 Å². The van der Waals surface area contributed by atoms with Crippen LogP contribution in [0.15, 0.2) is 158 Å². The van der Waals surface area contributed by atoms with E-state index in [1.807, 2.05) is 0 Å². The first-order valence-electron chi connectivity index (χ1n) is 29.2. The van der Waals surface area contributed by atoms with Crippen LogP contribution in [0.5, 0.6) is 0 Å². The minimum absolute atomic E-state index is 0.0181. The van der Waals surface area contributed by atoms with Gasteiger partial charge in [0.15, 0.2) is 0 Å². The number of aromatic nitrogens is 1. The molecule has 0 aliphatic carbocycles. The molecule has 0 atom stereocenters. The largest absolute Gasteiger partial charge is 0.311 e. The third kappa shape index (κ3) is 9.33. The lowest BCUT2D eigenvalue weighted by molar-refractivity contribution is 0.583. The second-order valence-electron chi connectivity index (χ2n) is 30.1. The molecular formula is C75H86BN3. The number of benzene rings is 8. The quantitative estimate of drug-likeness (QED) is 0.159. The van der Waals surface area contributed by atoms with Crippen LogP contribution in [-0.2, 0) is 37.9 Å². The smallest absolute Gasteiger partial charge is 0.247 e. The van der Waals surface area contributed by atoms with Crippen molar-refractivity contribution >= 4 is 79.0 Å². The molecule has 4 heteroatoms. The van der Waals surface area contributed by atoms with Gasteiger partial charge in [0.1, 0.15) is 0 Å². The molecule has 0 unspecified atom stereocenters. The Hall–Kier alpha value is -6.78. The van der Waals surface area contributed by atoms with Crippen molar-refractivity contribution in [3.05, 3.63) is 202 Å². The van der Waals surface area contributed by atoms with Gasteiger partial charge in [-0.25, -0.2) is 0 Å². The molecule has 0 amide bonds. The molecule has 3 nitrogen and oxygen atoms in total. The first-order chi connectivity index (χ1) is 36.7. The maximum Gasteiger partial charge on any atom is 0.247 e. The van der Waals surface area contributed by atoms with Crippen molar-refractivity contribution in [1.29, 1.82) is 0 Å². The van der Waals surface area contributed by atoms with Crippen LogP contribution < -0.4 is 26.2 Å². The van der Waals surface area contributed by atoms with E-state index in [4.69, 9.17) is 0 Å². The Morgan fingerprint density at radius 3 is 1.25 bits per heavy atom. The average Bonchev–Trinajstić information content (AvgIpc) is 2.86. The van der Waals surface area contributed by atoms with E-state index in [0.717, 1.165) is 17.1 Å². The van der Waals surface area contributed by atoms with Crippen molar-refractivity contribution in [2.24, 2.45) is 0 Å². The van der Waals surface area contributed by atoms with Crippen molar-refractivity contribution in [1.82, 2.24) is 4.57 Å². The van der Waals surface area contributed by atoms with Crippen molar-refractivity contribution in [2.75, 3.05) is 9.80 Å². The molecule has 0 saturated carbocycles. The van der Waals surface area contributed by atoms with Gasteiger partial charge < -0.3 is 14.4 Å². The second-order valence-corrected chi connectivity index (χ2v) is 30.1. The van der Waals surface area contributed by atoms with Gasteiger partial charge >= 0.3 is 0 Å². The summed E-state index contributed by atoms with van der Waals surface area (Å²) in [5, 5.41) is 2.57. The highest BCUT2D eigenvalue weighted by atomic mass is 15.2. The van der Waals surface area contributed by atoms with Crippen LogP contribution >= 0.6 is 0 Å². The Morgan fingerprint density at radius 2 is 0.772 bits per heavy atom. The van der Waals surface area contributed by atoms with Gasteiger partial charge in [-0.05, 0) is 173 Å². The number of hydrogen-bond donors (Lipinski definition) is 0. The second kappa shape index (κ2) is 18.1. The minimum atomic E-state index is -0.356. The molecule has 0 saturated heterocycles. The Balaban J connectivity index is 1.23. The third-order valence-electron chi connectivity index (χ3n) is 17.8. The molecule has 9 aromatic rings. The fourth-order valence-corrected chi connectivity index (χ4v) is 12.7. The van der Waals surface area contributed by atoms with Gasteiger partial charge in [-0.1, -0.05) is 217 Å². The van der Waals surface area contributed by atoms with E-state index in [2.05, 4.69) is 311 Å². The summed E-state index contributed by atoms with van der Waals surface area (Å²) in [7, 11) is 0. The fourth-order valence-electron chi connectivity index (χ4n) is 12.7. The molecule has 0 spiro atoms. The molecule has 2 aliphatic heterocycles. The van der Waals surface area contributed by atoms with Crippen LogP contribution in [0.25, 0.3) is 27.5 Å². The number of anilines is 6. The lowest BCUT2D eigenvalue weighted by atomic mass is 9.30. The molecule has 0 radical (unpaired) electrons. The summed E-state index contributed by atoms with van der Waals surface area (Å²) in [6.07, 6.45) is 0. The summed E-state index contributed by atoms with van der Waals surface area (Å²) in [4.78, 5) is 5.12. The highest BCUT2D eigenvalue weighted by Gasteiger charge is 2.47. The summed E-state index contributed by atoms with van der Waals surface area (Å²) >= 11 is 0. The summed E-state index contributed by atoms with van der Waals surface area (Å²) in [6.45, 7) is 46.8. The van der Waals surface area contributed by atoms with E-state index in [9.17, 15) is 0 Å². The SMILES string of the molecule is CC(C)(C)c1ccc(N(c2ccc(C(C)(C)C)cc2)c2ccc3c(c2)C(C)(C)c2cc(C(C)(C)C)cc4c2B3c2cc3c5cc(C(C)(C)C)ccc5n(-c5ccc(C(C)(C)C)cc5)c3cc2N4c2ccc(C(C)(C)C)cc2)cc1. The Bertz CT molecular complexity index is 3770. The van der Waals surface area contributed by atoms with Crippen LogP contribution in [0.1, 0.15) is 183 Å². The molecule has 11 rings (SSSR count). The third-order valence-corrected chi connectivity index (χ3v) is 17.8. The minimum Gasteiger partial charge on any atom is -0.311 e. The van der Waals surface area contributed by atoms with E-state index in [0.29, 0.717) is 0 Å². The standard InChI is InChI=1S/C75H86BN3/c1-69(2,3)47-21-30-53(31-22-47)77(54-32-23-48(24-33-54)70(4,5)6)57-38-39-62-60(44-57)75(19,20)61-42-52(74(16,17)18)43-67-68(61)76(62)63-45-59-58-41-51(73(13,14)15)29-40-64(58)78(55-34-25-49(26-35-55)71(7,8)9)65(59)46-66(63)79(67)56-36-27-50(28-37-56)72(10,11)12/h21-46H,1-20H3. The lowest BCUT2D eigenvalue weighted by Crippen LogP contribution is -2.64. The molecule has 0 N–H and O–H groups in total. The number of fused-ring (bicyclic) bond motifs is 7. The molecule has 1 aromatic heterocycles. The highest BCUT2D eigenvalue weighted by Crippen LogP contribution is 2.49. The zero-order chi connectivity index (χ0) is 56.9. The van der Waals surface area contributed by atoms with Gasteiger partial charge in [0.25, 0.3) is 0 Å². The van der Waals surface area contributed by atoms with Crippen LogP contribution in [0.2, 0.25) is 0 Å². The van der Waals surface area contributed by atoms with Crippen molar-refractivity contribution in [2.45, 2.75) is 176 Å². The summed E-state index contributed by atoms with van der Waals surface area (Å²) in [5.41, 5.74) is 25.3. The molecule has 79 heavy (non-hydrogen) atoms. The summed E-state index contributed by atoms with van der Waals surface area (Å²) < 4.78 is 2.54. The van der Waals surface area contributed by atoms with Gasteiger partial charge in [0, 0.05) is 56.0 Å². The van der Waals surface area contributed by atoms with Gasteiger partial charge in [-0.15, -0.1) is 0 Å². The summed E-state index contributed by atoms with van der Waals surface area (Å²) in [5.74, 6) is 0. The topological polar surface area (TPSA) is 11.4 Å². The number of hydrogen-bond acceptors (Lipinski definition) is 2. The molecule has 8 aromatic carbocycles. The fraction of sp³-hybridized carbons (Fsp3) is 0.360. The molecule has 3 heterocycles.